The highest BCUT2D eigenvalue weighted by Crippen LogP contribution is 2.23. The molecular formula is C17H27N3O2. The summed E-state index contributed by atoms with van der Waals surface area (Å²) in [5, 5.41) is 5.73. The van der Waals surface area contributed by atoms with Crippen LogP contribution in [-0.2, 0) is 6.54 Å². The first-order valence-corrected chi connectivity index (χ1v) is 8.09. The number of para-hydroxylation sites is 1. The summed E-state index contributed by atoms with van der Waals surface area (Å²) < 4.78 is 5.43. The molecular weight excluding hydrogens is 278 g/mol. The van der Waals surface area contributed by atoms with Gasteiger partial charge in [0, 0.05) is 31.7 Å². The normalized spacial score (nSPS) is 18.7. The van der Waals surface area contributed by atoms with Crippen molar-refractivity contribution in [3.05, 3.63) is 29.8 Å². The van der Waals surface area contributed by atoms with E-state index in [2.05, 4.69) is 27.7 Å². The molecule has 5 nitrogen and oxygen atoms in total. The number of benzene rings is 1. The number of rotatable bonds is 6. The maximum absolute atomic E-state index is 11.5. The zero-order valence-electron chi connectivity index (χ0n) is 13.6. The molecule has 5 heteroatoms. The van der Waals surface area contributed by atoms with Crippen LogP contribution < -0.4 is 15.4 Å². The molecule has 22 heavy (non-hydrogen) atoms. The third-order valence-electron chi connectivity index (χ3n) is 4.08. The fourth-order valence-electron chi connectivity index (χ4n) is 3.00. The van der Waals surface area contributed by atoms with Gasteiger partial charge in [-0.1, -0.05) is 18.2 Å². The number of ether oxygens (including phenoxy) is 1. The van der Waals surface area contributed by atoms with Crippen molar-refractivity contribution in [3.8, 4) is 5.75 Å². The molecule has 1 aliphatic rings. The van der Waals surface area contributed by atoms with Gasteiger partial charge in [0.25, 0.3) is 0 Å². The number of carbonyl (C=O) groups is 1. The van der Waals surface area contributed by atoms with E-state index < -0.39 is 0 Å². The first kappa shape index (κ1) is 16.6. The summed E-state index contributed by atoms with van der Waals surface area (Å²) in [7, 11) is 1.72. The number of methoxy groups -OCH3 is 1. The average molecular weight is 305 g/mol. The van der Waals surface area contributed by atoms with E-state index in [9.17, 15) is 4.79 Å². The maximum Gasteiger partial charge on any atom is 0.314 e. The molecule has 1 saturated heterocycles. The van der Waals surface area contributed by atoms with E-state index in [0.29, 0.717) is 12.5 Å². The van der Waals surface area contributed by atoms with E-state index in [1.54, 1.807) is 7.11 Å². The molecule has 1 fully saturated rings. The highest BCUT2D eigenvalue weighted by molar-refractivity contribution is 5.73. The van der Waals surface area contributed by atoms with Crippen LogP contribution in [0.1, 0.15) is 25.3 Å². The Morgan fingerprint density at radius 2 is 2.18 bits per heavy atom. The lowest BCUT2D eigenvalue weighted by atomic mass is 9.97. The molecule has 1 aliphatic heterocycles. The van der Waals surface area contributed by atoms with Crippen LogP contribution in [-0.4, -0.2) is 44.2 Å². The van der Waals surface area contributed by atoms with Gasteiger partial charge in [0.1, 0.15) is 5.75 Å². The number of urea groups is 1. The van der Waals surface area contributed by atoms with Gasteiger partial charge in [0.2, 0.25) is 0 Å². The lowest BCUT2D eigenvalue weighted by Crippen LogP contribution is -2.43. The van der Waals surface area contributed by atoms with Gasteiger partial charge >= 0.3 is 6.03 Å². The Hall–Kier alpha value is -1.75. The van der Waals surface area contributed by atoms with Crippen molar-refractivity contribution in [2.24, 2.45) is 5.92 Å². The molecule has 0 unspecified atom stereocenters. The van der Waals surface area contributed by atoms with E-state index in [-0.39, 0.29) is 6.03 Å². The molecule has 1 heterocycles. The summed E-state index contributed by atoms with van der Waals surface area (Å²) in [6, 6.07) is 8.11. The third-order valence-corrected chi connectivity index (χ3v) is 4.08. The van der Waals surface area contributed by atoms with Crippen molar-refractivity contribution in [2.45, 2.75) is 26.3 Å². The molecule has 1 aromatic rings. The second kappa shape index (κ2) is 8.63. The van der Waals surface area contributed by atoms with Crippen LogP contribution in [0.2, 0.25) is 0 Å². The summed E-state index contributed by atoms with van der Waals surface area (Å²) >= 11 is 0. The third kappa shape index (κ3) is 4.91. The van der Waals surface area contributed by atoms with Crippen LogP contribution in [0.5, 0.6) is 5.75 Å². The van der Waals surface area contributed by atoms with Crippen molar-refractivity contribution in [2.75, 3.05) is 33.3 Å². The van der Waals surface area contributed by atoms with E-state index in [1.165, 1.54) is 18.4 Å². The predicted octanol–water partition coefficient (Wildman–Crippen LogP) is 2.23. The van der Waals surface area contributed by atoms with Crippen molar-refractivity contribution in [1.82, 2.24) is 15.5 Å². The molecule has 2 rings (SSSR count). The van der Waals surface area contributed by atoms with Gasteiger partial charge < -0.3 is 15.4 Å². The van der Waals surface area contributed by atoms with E-state index in [0.717, 1.165) is 31.9 Å². The largest absolute Gasteiger partial charge is 0.496 e. The first-order valence-electron chi connectivity index (χ1n) is 8.09. The minimum Gasteiger partial charge on any atom is -0.496 e. The highest BCUT2D eigenvalue weighted by atomic mass is 16.5. The standard InChI is InChI=1S/C17H27N3O2/c1-3-18-17(21)19-11-14-7-6-10-20(12-14)13-15-8-4-5-9-16(15)22-2/h4-5,8-9,14H,3,6-7,10-13H2,1-2H3,(H2,18,19,21)/t14-/m1/s1. The molecule has 2 amide bonds. The van der Waals surface area contributed by atoms with E-state index in [1.807, 2.05) is 19.1 Å². The molecule has 0 aromatic heterocycles. The fourth-order valence-corrected chi connectivity index (χ4v) is 3.00. The van der Waals surface area contributed by atoms with Gasteiger partial charge in [0.05, 0.1) is 7.11 Å². The van der Waals surface area contributed by atoms with Gasteiger partial charge in [-0.25, -0.2) is 4.79 Å². The Balaban J connectivity index is 1.84. The summed E-state index contributed by atoms with van der Waals surface area (Å²) in [5.74, 6) is 1.47. The van der Waals surface area contributed by atoms with Crippen LogP contribution in [0.25, 0.3) is 0 Å². The Morgan fingerprint density at radius 1 is 1.36 bits per heavy atom. The Morgan fingerprint density at radius 3 is 2.95 bits per heavy atom. The second-order valence-electron chi connectivity index (χ2n) is 5.80. The molecule has 2 N–H and O–H groups in total. The number of nitrogens with one attached hydrogen (secondary N) is 2. The van der Waals surface area contributed by atoms with Gasteiger partial charge in [-0.2, -0.15) is 0 Å². The van der Waals surface area contributed by atoms with Crippen LogP contribution in [0.4, 0.5) is 4.79 Å². The molecule has 0 bridgehead atoms. The summed E-state index contributed by atoms with van der Waals surface area (Å²) in [6.07, 6.45) is 2.35. The quantitative estimate of drug-likeness (QED) is 0.847. The number of piperidine rings is 1. The maximum atomic E-state index is 11.5. The number of nitrogens with zero attached hydrogens (tertiary/aromatic N) is 1. The minimum absolute atomic E-state index is 0.0654. The molecule has 1 aromatic carbocycles. The average Bonchev–Trinajstić information content (AvgIpc) is 2.54. The van der Waals surface area contributed by atoms with Gasteiger partial charge in [-0.3, -0.25) is 4.90 Å². The van der Waals surface area contributed by atoms with Crippen LogP contribution in [0.15, 0.2) is 24.3 Å². The predicted molar refractivity (Wildman–Crippen MR) is 88.1 cm³/mol. The van der Waals surface area contributed by atoms with Crippen LogP contribution >= 0.6 is 0 Å². The Kier molecular flexibility index (Phi) is 6.52. The smallest absolute Gasteiger partial charge is 0.314 e. The Labute approximate surface area is 133 Å². The van der Waals surface area contributed by atoms with Crippen molar-refractivity contribution in [3.63, 3.8) is 0 Å². The topological polar surface area (TPSA) is 53.6 Å². The molecule has 0 radical (unpaired) electrons. The second-order valence-corrected chi connectivity index (χ2v) is 5.80. The van der Waals surface area contributed by atoms with E-state index >= 15 is 0 Å². The van der Waals surface area contributed by atoms with Gasteiger partial charge in [-0.15, -0.1) is 0 Å². The molecule has 122 valence electrons. The van der Waals surface area contributed by atoms with Gasteiger partial charge in [0.15, 0.2) is 0 Å². The van der Waals surface area contributed by atoms with Crippen molar-refractivity contribution < 1.29 is 9.53 Å². The summed E-state index contributed by atoms with van der Waals surface area (Å²) in [5.41, 5.74) is 1.22. The number of likely N-dealkylation sites (tertiary alicyclic amines) is 1. The van der Waals surface area contributed by atoms with Crippen molar-refractivity contribution in [1.29, 1.82) is 0 Å². The van der Waals surface area contributed by atoms with Crippen LogP contribution in [0.3, 0.4) is 0 Å². The van der Waals surface area contributed by atoms with Gasteiger partial charge in [-0.05, 0) is 38.3 Å². The number of carbonyl (C=O) groups excluding carboxylic acids is 1. The van der Waals surface area contributed by atoms with E-state index in [4.69, 9.17) is 4.74 Å². The minimum atomic E-state index is -0.0654. The number of hydrogen-bond donors (Lipinski definition) is 2. The monoisotopic (exact) mass is 305 g/mol. The molecule has 0 spiro atoms. The molecule has 0 saturated carbocycles. The fraction of sp³-hybridized carbons (Fsp3) is 0.588. The lowest BCUT2D eigenvalue weighted by molar-refractivity contribution is 0.164. The lowest BCUT2D eigenvalue weighted by Gasteiger charge is -2.33. The SMILES string of the molecule is CCNC(=O)NC[C@H]1CCCN(Cc2ccccc2OC)C1. The zero-order valence-corrected chi connectivity index (χ0v) is 13.6. The Bertz CT molecular complexity index is 479. The van der Waals surface area contributed by atoms with Crippen molar-refractivity contribution >= 4 is 6.03 Å². The number of amides is 2. The number of hydrogen-bond acceptors (Lipinski definition) is 3. The summed E-state index contributed by atoms with van der Waals surface area (Å²) in [4.78, 5) is 13.9. The zero-order chi connectivity index (χ0) is 15.8. The molecule has 1 atom stereocenters. The highest BCUT2D eigenvalue weighted by Gasteiger charge is 2.21. The summed E-state index contributed by atoms with van der Waals surface area (Å²) in [6.45, 7) is 6.36. The molecule has 0 aliphatic carbocycles. The first-order chi connectivity index (χ1) is 10.7. The van der Waals surface area contributed by atoms with Crippen LogP contribution in [0, 0.1) is 5.92 Å².